The smallest absolute Gasteiger partial charge is 0.316 e. The minimum absolute atomic E-state index is 0. The first-order valence-corrected chi connectivity index (χ1v) is 8.26. The second kappa shape index (κ2) is 16.0. The van der Waals surface area contributed by atoms with Crippen LogP contribution in [0.4, 0.5) is 0 Å². The van der Waals surface area contributed by atoms with Gasteiger partial charge in [0.2, 0.25) is 0 Å². The van der Waals surface area contributed by atoms with E-state index in [2.05, 4.69) is 37.9 Å². The molecule has 0 aliphatic heterocycles. The summed E-state index contributed by atoms with van der Waals surface area (Å²) < 4.78 is 14.9. The topological polar surface area (TPSA) is 78.9 Å². The molecule has 0 N–H and O–H groups in total. The predicted octanol–water partition coefficient (Wildman–Crippen LogP) is 0.942. The standard InChI is InChI=1S/C12H20O6S3.Zn/c13-10(6-19)16-4-2-1-3-9(18-12(15)8-21)5-17-11(14)7-20;/h9,19-21H,1-8H2;. The maximum Gasteiger partial charge on any atom is 0.316 e. The van der Waals surface area contributed by atoms with Crippen molar-refractivity contribution < 1.29 is 48.1 Å². The molecule has 0 fully saturated rings. The van der Waals surface area contributed by atoms with Gasteiger partial charge in [0.15, 0.2) is 0 Å². The molecule has 0 saturated carbocycles. The first kappa shape index (κ1) is 24.3. The quantitative estimate of drug-likeness (QED) is 0.151. The Morgan fingerprint density at radius 1 is 0.818 bits per heavy atom. The monoisotopic (exact) mass is 420 g/mol. The van der Waals surface area contributed by atoms with Crippen LogP contribution < -0.4 is 0 Å². The molecule has 0 spiro atoms. The third-order valence-corrected chi connectivity index (χ3v) is 3.07. The van der Waals surface area contributed by atoms with Gasteiger partial charge < -0.3 is 14.2 Å². The Balaban J connectivity index is 0. The zero-order valence-electron chi connectivity index (χ0n) is 12.2. The van der Waals surface area contributed by atoms with Crippen LogP contribution in [0.2, 0.25) is 0 Å². The van der Waals surface area contributed by atoms with Gasteiger partial charge in [-0.1, -0.05) is 0 Å². The molecule has 0 aromatic rings. The van der Waals surface area contributed by atoms with Crippen LogP contribution in [0.3, 0.4) is 0 Å². The molecule has 0 heterocycles. The van der Waals surface area contributed by atoms with Gasteiger partial charge in [0.25, 0.3) is 0 Å². The Morgan fingerprint density at radius 3 is 1.91 bits per heavy atom. The Labute approximate surface area is 159 Å². The maximum atomic E-state index is 11.2. The van der Waals surface area contributed by atoms with Crippen LogP contribution in [0.25, 0.3) is 0 Å². The van der Waals surface area contributed by atoms with Crippen LogP contribution in [0.5, 0.6) is 0 Å². The molecule has 6 nitrogen and oxygen atoms in total. The second-order valence-electron chi connectivity index (χ2n) is 3.99. The average molecular weight is 422 g/mol. The van der Waals surface area contributed by atoms with E-state index in [-0.39, 0.29) is 55.9 Å². The minimum atomic E-state index is -0.533. The number of rotatable bonds is 11. The van der Waals surface area contributed by atoms with Crippen LogP contribution in [-0.4, -0.2) is 54.5 Å². The number of unbranched alkanes of at least 4 members (excludes halogenated alkanes) is 1. The molecule has 0 aromatic carbocycles. The van der Waals surface area contributed by atoms with E-state index in [9.17, 15) is 14.4 Å². The van der Waals surface area contributed by atoms with E-state index in [1.54, 1.807) is 0 Å². The van der Waals surface area contributed by atoms with Gasteiger partial charge >= 0.3 is 17.9 Å². The molecule has 0 saturated heterocycles. The largest absolute Gasteiger partial charge is 0.465 e. The summed E-state index contributed by atoms with van der Waals surface area (Å²) in [5, 5.41) is 0. The zero-order valence-corrected chi connectivity index (χ0v) is 17.9. The van der Waals surface area contributed by atoms with E-state index >= 15 is 0 Å². The van der Waals surface area contributed by atoms with E-state index in [0.717, 1.165) is 0 Å². The van der Waals surface area contributed by atoms with Crippen molar-refractivity contribution in [1.82, 2.24) is 0 Å². The molecule has 0 radical (unpaired) electrons. The van der Waals surface area contributed by atoms with Gasteiger partial charge in [0.05, 0.1) is 23.9 Å². The Kier molecular flexibility index (Phi) is 17.7. The van der Waals surface area contributed by atoms with Crippen molar-refractivity contribution in [2.45, 2.75) is 25.4 Å². The average Bonchev–Trinajstić information content (AvgIpc) is 2.50. The Hall–Kier alpha value is 0.0834. The van der Waals surface area contributed by atoms with Gasteiger partial charge in [-0.25, -0.2) is 0 Å². The normalized spacial score (nSPS) is 11.0. The summed E-state index contributed by atoms with van der Waals surface area (Å²) >= 11 is 11.4. The molecule has 1 atom stereocenters. The minimum Gasteiger partial charge on any atom is -0.465 e. The zero-order chi connectivity index (χ0) is 16.1. The van der Waals surface area contributed by atoms with E-state index < -0.39 is 18.0 Å². The number of ether oxygens (including phenoxy) is 3. The molecule has 22 heavy (non-hydrogen) atoms. The van der Waals surface area contributed by atoms with E-state index in [0.29, 0.717) is 19.3 Å². The van der Waals surface area contributed by atoms with Gasteiger partial charge in [-0.15, -0.1) is 0 Å². The number of carbonyl (C=O) groups is 3. The van der Waals surface area contributed by atoms with Crippen LogP contribution in [0.1, 0.15) is 19.3 Å². The summed E-state index contributed by atoms with van der Waals surface area (Å²) in [6.07, 6.45) is 1.24. The van der Waals surface area contributed by atoms with Crippen molar-refractivity contribution >= 4 is 55.8 Å². The van der Waals surface area contributed by atoms with Crippen LogP contribution in [0, 0.1) is 0 Å². The molecule has 1 unspecified atom stereocenters. The van der Waals surface area contributed by atoms with E-state index in [1.165, 1.54) is 0 Å². The maximum absolute atomic E-state index is 11.2. The van der Waals surface area contributed by atoms with Crippen LogP contribution >= 0.6 is 37.9 Å². The second-order valence-corrected chi connectivity index (χ2v) is 4.93. The third kappa shape index (κ3) is 13.7. The molecule has 0 bridgehead atoms. The number of thiol groups is 3. The number of hydrogen-bond acceptors (Lipinski definition) is 9. The SMILES string of the molecule is O=C(CS)OCCCCC(COC(=O)CS)OC(=O)CS.[Zn]. The molecule has 0 aromatic heterocycles. The van der Waals surface area contributed by atoms with Crippen molar-refractivity contribution in [3.05, 3.63) is 0 Å². The van der Waals surface area contributed by atoms with Gasteiger partial charge in [-0.2, -0.15) is 37.9 Å². The van der Waals surface area contributed by atoms with Gasteiger partial charge in [0, 0.05) is 19.5 Å². The summed E-state index contributed by atoms with van der Waals surface area (Å²) in [4.78, 5) is 33.1. The fourth-order valence-corrected chi connectivity index (χ4v) is 1.59. The molecule has 0 rings (SSSR count). The third-order valence-electron chi connectivity index (χ3n) is 2.30. The number of esters is 3. The van der Waals surface area contributed by atoms with Crippen molar-refractivity contribution in [3.8, 4) is 0 Å². The first-order chi connectivity index (χ1) is 10.0. The van der Waals surface area contributed by atoms with Crippen molar-refractivity contribution in [2.75, 3.05) is 30.5 Å². The van der Waals surface area contributed by atoms with Gasteiger partial charge in [-0.05, 0) is 19.3 Å². The summed E-state index contributed by atoms with van der Waals surface area (Å²) in [7, 11) is 0. The predicted molar refractivity (Wildman–Crippen MR) is 87.2 cm³/mol. The first-order valence-electron chi connectivity index (χ1n) is 6.36. The summed E-state index contributed by atoms with van der Waals surface area (Å²) in [6, 6.07) is 0. The molecule has 10 heteroatoms. The van der Waals surface area contributed by atoms with E-state index in [1.807, 2.05) is 0 Å². The van der Waals surface area contributed by atoms with Crippen molar-refractivity contribution in [1.29, 1.82) is 0 Å². The summed E-state index contributed by atoms with van der Waals surface area (Å²) in [6.45, 7) is 0.262. The summed E-state index contributed by atoms with van der Waals surface area (Å²) in [5.41, 5.74) is 0. The molecule has 0 amide bonds. The molecular weight excluding hydrogens is 402 g/mol. The van der Waals surface area contributed by atoms with Crippen molar-refractivity contribution in [3.63, 3.8) is 0 Å². The van der Waals surface area contributed by atoms with Crippen LogP contribution in [0.15, 0.2) is 0 Å². The van der Waals surface area contributed by atoms with Crippen LogP contribution in [-0.2, 0) is 48.1 Å². The fraction of sp³-hybridized carbons (Fsp3) is 0.750. The van der Waals surface area contributed by atoms with Gasteiger partial charge in [-0.3, -0.25) is 14.4 Å². The summed E-state index contributed by atoms with van der Waals surface area (Å²) in [5.74, 6) is -1.37. The number of carbonyl (C=O) groups excluding carboxylic acids is 3. The van der Waals surface area contributed by atoms with Gasteiger partial charge in [0.1, 0.15) is 12.7 Å². The Bertz CT molecular complexity index is 343. The number of hydrogen-bond donors (Lipinski definition) is 3. The fourth-order valence-electron chi connectivity index (χ4n) is 1.34. The van der Waals surface area contributed by atoms with E-state index in [4.69, 9.17) is 14.2 Å². The molecule has 0 aliphatic rings. The molecular formula is C12H20O6S3Zn. The molecule has 124 valence electrons. The van der Waals surface area contributed by atoms with Crippen molar-refractivity contribution in [2.24, 2.45) is 0 Å². The Morgan fingerprint density at radius 2 is 1.36 bits per heavy atom. The molecule has 0 aliphatic carbocycles.